The summed E-state index contributed by atoms with van der Waals surface area (Å²) in [7, 11) is 0. The van der Waals surface area contributed by atoms with Gasteiger partial charge in [0, 0.05) is 12.3 Å². The zero-order valence-electron chi connectivity index (χ0n) is 9.67. The first-order valence-corrected chi connectivity index (χ1v) is 6.85. The van der Waals surface area contributed by atoms with Crippen LogP contribution >= 0.6 is 11.8 Å². The van der Waals surface area contributed by atoms with Crippen LogP contribution in [0.15, 0.2) is 21.9 Å². The average Bonchev–Trinajstić information content (AvgIpc) is 2.68. The van der Waals surface area contributed by atoms with E-state index in [2.05, 4.69) is 4.98 Å². The molecule has 0 radical (unpaired) electrons. The summed E-state index contributed by atoms with van der Waals surface area (Å²) < 4.78 is 7.04. The van der Waals surface area contributed by atoms with Gasteiger partial charge in [-0.3, -0.25) is 14.3 Å². The van der Waals surface area contributed by atoms with Gasteiger partial charge in [0.1, 0.15) is 0 Å². The van der Waals surface area contributed by atoms with Gasteiger partial charge in [0.15, 0.2) is 6.23 Å². The molecule has 3 atom stereocenters. The number of nitrogens with zero attached hydrogens (tertiary/aromatic N) is 1. The van der Waals surface area contributed by atoms with Crippen molar-refractivity contribution in [1.29, 1.82) is 0 Å². The van der Waals surface area contributed by atoms with E-state index >= 15 is 0 Å². The van der Waals surface area contributed by atoms with Crippen LogP contribution in [-0.4, -0.2) is 37.9 Å². The van der Waals surface area contributed by atoms with Crippen molar-refractivity contribution in [3.05, 3.63) is 33.1 Å². The summed E-state index contributed by atoms with van der Waals surface area (Å²) in [5.41, 5.74) is -0.874. The molecule has 0 bridgehead atoms. The maximum absolute atomic E-state index is 11.8. The Labute approximate surface area is 107 Å². The number of hydrogen-bond donors (Lipinski definition) is 2. The Balaban J connectivity index is 1.99. The van der Waals surface area contributed by atoms with Crippen LogP contribution in [0.25, 0.3) is 0 Å². The van der Waals surface area contributed by atoms with Crippen molar-refractivity contribution < 1.29 is 9.84 Å². The molecule has 3 heterocycles. The molecule has 0 saturated carbocycles. The van der Waals surface area contributed by atoms with Crippen LogP contribution in [-0.2, 0) is 4.74 Å². The summed E-state index contributed by atoms with van der Waals surface area (Å²) in [6, 6.07) is 1.31. The number of aliphatic hydroxyl groups is 1. The third-order valence-electron chi connectivity index (χ3n) is 3.57. The van der Waals surface area contributed by atoms with E-state index in [4.69, 9.17) is 4.74 Å². The van der Waals surface area contributed by atoms with Crippen LogP contribution in [0.1, 0.15) is 19.1 Å². The number of rotatable bonds is 2. The van der Waals surface area contributed by atoms with Crippen molar-refractivity contribution in [1.82, 2.24) is 9.55 Å². The summed E-state index contributed by atoms with van der Waals surface area (Å²) in [6.45, 7) is -0.0447. The molecule has 98 valence electrons. The van der Waals surface area contributed by atoms with Gasteiger partial charge in [-0.15, -0.1) is 0 Å². The van der Waals surface area contributed by atoms with E-state index in [1.54, 1.807) is 11.8 Å². The summed E-state index contributed by atoms with van der Waals surface area (Å²) in [5.74, 6) is 1.04. The third kappa shape index (κ3) is 1.73. The molecule has 7 heteroatoms. The standard InChI is InChI=1S/C11H14N2O4S/c14-6-7-5-11(2-4-18-11)9(17-7)13-3-1-8(15)12-10(13)16/h1,3,7,9,14H,2,4-6H2,(H,12,15,16)/t7-,9?,11+/m0/s1. The van der Waals surface area contributed by atoms with Gasteiger partial charge in [-0.2, -0.15) is 11.8 Å². The molecular weight excluding hydrogens is 256 g/mol. The minimum atomic E-state index is -0.460. The van der Waals surface area contributed by atoms with Gasteiger partial charge in [0.2, 0.25) is 0 Å². The normalized spacial score (nSPS) is 34.7. The van der Waals surface area contributed by atoms with Crippen LogP contribution < -0.4 is 11.2 Å². The molecule has 0 amide bonds. The number of thioether (sulfide) groups is 1. The van der Waals surface area contributed by atoms with Crippen molar-refractivity contribution in [2.45, 2.75) is 29.9 Å². The van der Waals surface area contributed by atoms with Crippen molar-refractivity contribution >= 4 is 11.8 Å². The van der Waals surface area contributed by atoms with Crippen molar-refractivity contribution in [2.75, 3.05) is 12.4 Å². The fraction of sp³-hybridized carbons (Fsp3) is 0.636. The molecule has 2 saturated heterocycles. The number of hydrogen-bond acceptors (Lipinski definition) is 5. The van der Waals surface area contributed by atoms with E-state index in [-0.39, 0.29) is 17.5 Å². The largest absolute Gasteiger partial charge is 0.394 e. The molecule has 2 aliphatic rings. The SMILES string of the molecule is O=c1ccn(C2O[C@H](CO)C[C@]23CCS3)c(=O)[nH]1. The molecule has 3 rings (SSSR count). The van der Waals surface area contributed by atoms with Crippen LogP contribution in [0, 0.1) is 0 Å². The Morgan fingerprint density at radius 3 is 2.94 bits per heavy atom. The first-order valence-electron chi connectivity index (χ1n) is 5.86. The molecule has 18 heavy (non-hydrogen) atoms. The van der Waals surface area contributed by atoms with E-state index in [0.29, 0.717) is 0 Å². The number of aromatic amines is 1. The quantitative estimate of drug-likeness (QED) is 0.770. The Kier molecular flexibility index (Phi) is 2.84. The number of H-pyrrole nitrogens is 1. The van der Waals surface area contributed by atoms with E-state index in [1.807, 2.05) is 0 Å². The first kappa shape index (κ1) is 12.0. The molecular formula is C11H14N2O4S. The van der Waals surface area contributed by atoms with E-state index in [9.17, 15) is 14.7 Å². The van der Waals surface area contributed by atoms with Crippen LogP contribution in [0.4, 0.5) is 0 Å². The molecule has 0 aromatic carbocycles. The van der Waals surface area contributed by atoms with Gasteiger partial charge in [0.25, 0.3) is 5.56 Å². The maximum Gasteiger partial charge on any atom is 0.330 e. The monoisotopic (exact) mass is 270 g/mol. The highest BCUT2D eigenvalue weighted by Crippen LogP contribution is 2.56. The second kappa shape index (κ2) is 4.25. The maximum atomic E-state index is 11.8. The molecule has 1 spiro atoms. The highest BCUT2D eigenvalue weighted by Gasteiger charge is 2.54. The molecule has 2 fully saturated rings. The molecule has 6 nitrogen and oxygen atoms in total. The van der Waals surface area contributed by atoms with E-state index in [0.717, 1.165) is 18.6 Å². The van der Waals surface area contributed by atoms with Gasteiger partial charge in [-0.1, -0.05) is 0 Å². The Morgan fingerprint density at radius 2 is 2.39 bits per heavy atom. The first-order chi connectivity index (χ1) is 8.64. The average molecular weight is 270 g/mol. The fourth-order valence-corrected chi connectivity index (χ4v) is 3.94. The molecule has 2 aliphatic heterocycles. The Hall–Kier alpha value is -1.05. The number of nitrogens with one attached hydrogen (secondary N) is 1. The van der Waals surface area contributed by atoms with Gasteiger partial charge in [-0.25, -0.2) is 4.79 Å². The summed E-state index contributed by atoms with van der Waals surface area (Å²) in [5, 5.41) is 9.22. The Morgan fingerprint density at radius 1 is 1.61 bits per heavy atom. The molecule has 2 N–H and O–H groups in total. The smallest absolute Gasteiger partial charge is 0.330 e. The topological polar surface area (TPSA) is 84.3 Å². The lowest BCUT2D eigenvalue weighted by molar-refractivity contribution is -0.0324. The zero-order chi connectivity index (χ0) is 12.8. The zero-order valence-corrected chi connectivity index (χ0v) is 10.5. The lowest BCUT2D eigenvalue weighted by atomic mass is 9.97. The van der Waals surface area contributed by atoms with Crippen LogP contribution in [0.5, 0.6) is 0 Å². The Bertz CT molecular complexity index is 563. The predicted octanol–water partition coefficient (Wildman–Crippen LogP) is -0.308. The predicted molar refractivity (Wildman–Crippen MR) is 66.7 cm³/mol. The molecule has 1 aromatic heterocycles. The second-order valence-electron chi connectivity index (χ2n) is 4.68. The van der Waals surface area contributed by atoms with E-state index in [1.165, 1.54) is 16.8 Å². The number of aromatic nitrogens is 2. The molecule has 1 unspecified atom stereocenters. The second-order valence-corrected chi connectivity index (χ2v) is 6.19. The van der Waals surface area contributed by atoms with E-state index < -0.39 is 17.5 Å². The van der Waals surface area contributed by atoms with Crippen LogP contribution in [0.3, 0.4) is 0 Å². The molecule has 1 aromatic rings. The highest BCUT2D eigenvalue weighted by molar-refractivity contribution is 8.02. The van der Waals surface area contributed by atoms with Gasteiger partial charge in [-0.05, 0) is 18.6 Å². The summed E-state index contributed by atoms with van der Waals surface area (Å²) >= 11 is 1.76. The van der Waals surface area contributed by atoms with Crippen LogP contribution in [0.2, 0.25) is 0 Å². The summed E-state index contributed by atoms with van der Waals surface area (Å²) in [4.78, 5) is 25.1. The van der Waals surface area contributed by atoms with Crippen molar-refractivity contribution in [2.24, 2.45) is 0 Å². The number of aliphatic hydroxyl groups excluding tert-OH is 1. The van der Waals surface area contributed by atoms with Gasteiger partial charge < -0.3 is 9.84 Å². The van der Waals surface area contributed by atoms with Crippen molar-refractivity contribution in [3.8, 4) is 0 Å². The van der Waals surface area contributed by atoms with Crippen molar-refractivity contribution in [3.63, 3.8) is 0 Å². The summed E-state index contributed by atoms with van der Waals surface area (Å²) in [6.07, 6.45) is 2.53. The van der Waals surface area contributed by atoms with Gasteiger partial charge >= 0.3 is 5.69 Å². The highest BCUT2D eigenvalue weighted by atomic mass is 32.2. The minimum absolute atomic E-state index is 0.0447. The lowest BCUT2D eigenvalue weighted by Crippen LogP contribution is -2.44. The lowest BCUT2D eigenvalue weighted by Gasteiger charge is -2.41. The van der Waals surface area contributed by atoms with Gasteiger partial charge in [0.05, 0.1) is 17.5 Å². The fourth-order valence-electron chi connectivity index (χ4n) is 2.60. The third-order valence-corrected chi connectivity index (χ3v) is 5.12. The minimum Gasteiger partial charge on any atom is -0.394 e. The number of ether oxygens (including phenoxy) is 1. The molecule has 0 aliphatic carbocycles.